The van der Waals surface area contributed by atoms with Crippen LogP contribution in [0.5, 0.6) is 0 Å². The van der Waals surface area contributed by atoms with E-state index >= 15 is 0 Å². The minimum Gasteiger partial charge on any atom is -0.372 e. The summed E-state index contributed by atoms with van der Waals surface area (Å²) in [7, 11) is 0. The number of hydrogen-bond donors (Lipinski definition) is 0. The largest absolute Gasteiger partial charge is 0.372 e. The average Bonchev–Trinajstić information content (AvgIpc) is 2.49. The lowest BCUT2D eigenvalue weighted by Crippen LogP contribution is -2.52. The van der Waals surface area contributed by atoms with Crippen molar-refractivity contribution >= 4 is 0 Å². The number of piperazine rings is 1. The second kappa shape index (κ2) is 8.22. The molecule has 1 aliphatic heterocycles. The van der Waals surface area contributed by atoms with Crippen molar-refractivity contribution in [3.8, 4) is 0 Å². The molecule has 2 rings (SSSR count). The summed E-state index contributed by atoms with van der Waals surface area (Å²) in [4.78, 5) is 5.36. The number of allylic oxidation sites excluding steroid dienone is 2. The van der Waals surface area contributed by atoms with Crippen molar-refractivity contribution in [1.82, 2.24) is 9.80 Å². The van der Waals surface area contributed by atoms with Crippen LogP contribution in [0.2, 0.25) is 0 Å². The minimum absolute atomic E-state index is 0.706. The fraction of sp³-hybridized carbons (Fsp3) is 0.895. The van der Waals surface area contributed by atoms with Crippen LogP contribution in [0.1, 0.15) is 66.2 Å². The van der Waals surface area contributed by atoms with Crippen molar-refractivity contribution < 1.29 is 0 Å². The molecular formula is C19H36N2. The van der Waals surface area contributed by atoms with Crippen LogP contribution < -0.4 is 0 Å². The highest BCUT2D eigenvalue weighted by molar-refractivity contribution is 5.00. The molecule has 0 N–H and O–H groups in total. The molecule has 0 radical (unpaired) electrons. The van der Waals surface area contributed by atoms with Gasteiger partial charge in [0.05, 0.1) is 0 Å². The van der Waals surface area contributed by atoms with Gasteiger partial charge >= 0.3 is 0 Å². The first-order valence-electron chi connectivity index (χ1n) is 9.27. The van der Waals surface area contributed by atoms with Crippen molar-refractivity contribution in [3.05, 3.63) is 11.8 Å². The van der Waals surface area contributed by atoms with E-state index in [4.69, 9.17) is 0 Å². The smallest absolute Gasteiger partial charge is 0.0328 e. The Bertz CT molecular complexity index is 336. The zero-order chi connectivity index (χ0) is 15.2. The minimum atomic E-state index is 0.706. The van der Waals surface area contributed by atoms with Gasteiger partial charge in [0.2, 0.25) is 0 Å². The van der Waals surface area contributed by atoms with Crippen LogP contribution in [0.3, 0.4) is 0 Å². The average molecular weight is 293 g/mol. The summed E-state index contributed by atoms with van der Waals surface area (Å²) in [5.74, 6) is 1.89. The topological polar surface area (TPSA) is 6.48 Å². The van der Waals surface area contributed by atoms with Crippen LogP contribution >= 0.6 is 0 Å². The van der Waals surface area contributed by atoms with E-state index in [1.54, 1.807) is 0 Å². The van der Waals surface area contributed by atoms with Crippen molar-refractivity contribution in [2.45, 2.75) is 72.3 Å². The maximum atomic E-state index is 2.76. The Hall–Kier alpha value is -0.500. The van der Waals surface area contributed by atoms with Crippen molar-refractivity contribution in [2.75, 3.05) is 26.2 Å². The summed E-state index contributed by atoms with van der Waals surface area (Å²) in [6, 6.07) is 0.706. The van der Waals surface area contributed by atoms with Gasteiger partial charge in [-0.05, 0) is 38.5 Å². The Morgan fingerprint density at radius 1 is 1.14 bits per heavy atom. The normalized spacial score (nSPS) is 32.5. The van der Waals surface area contributed by atoms with Gasteiger partial charge in [0.15, 0.2) is 0 Å². The molecule has 0 spiro atoms. The van der Waals surface area contributed by atoms with Crippen LogP contribution in [0.4, 0.5) is 0 Å². The van der Waals surface area contributed by atoms with Gasteiger partial charge in [0, 0.05) is 37.9 Å². The summed E-state index contributed by atoms with van der Waals surface area (Å²) in [6.45, 7) is 14.5. The third-order valence-corrected chi connectivity index (χ3v) is 5.75. The number of unbranched alkanes of at least 4 members (excludes halogenated alkanes) is 1. The quantitative estimate of drug-likeness (QED) is 0.735. The lowest BCUT2D eigenvalue weighted by molar-refractivity contribution is 0.0686. The first-order chi connectivity index (χ1) is 10.1. The molecule has 0 aromatic carbocycles. The van der Waals surface area contributed by atoms with E-state index in [0.29, 0.717) is 6.04 Å². The van der Waals surface area contributed by atoms with Crippen LogP contribution in [-0.2, 0) is 0 Å². The van der Waals surface area contributed by atoms with E-state index < -0.39 is 0 Å². The third-order valence-electron chi connectivity index (χ3n) is 5.75. The van der Waals surface area contributed by atoms with Gasteiger partial charge in [0.25, 0.3) is 0 Å². The molecule has 1 aliphatic carbocycles. The maximum Gasteiger partial charge on any atom is 0.0328 e. The zero-order valence-corrected chi connectivity index (χ0v) is 14.8. The predicted molar refractivity (Wildman–Crippen MR) is 92.4 cm³/mol. The molecule has 0 amide bonds. The molecule has 2 heteroatoms. The molecule has 2 fully saturated rings. The molecule has 0 aromatic heterocycles. The molecule has 21 heavy (non-hydrogen) atoms. The third kappa shape index (κ3) is 4.74. The number of rotatable bonds is 5. The molecule has 2 nitrogen and oxygen atoms in total. The Kier molecular flexibility index (Phi) is 6.60. The lowest BCUT2D eigenvalue weighted by atomic mass is 9.80. The van der Waals surface area contributed by atoms with Gasteiger partial charge in [-0.15, -0.1) is 0 Å². The highest BCUT2D eigenvalue weighted by Crippen LogP contribution is 2.31. The van der Waals surface area contributed by atoms with E-state index in [0.717, 1.165) is 11.8 Å². The summed E-state index contributed by atoms with van der Waals surface area (Å²) in [5.41, 5.74) is 1.49. The molecule has 122 valence electrons. The summed E-state index contributed by atoms with van der Waals surface area (Å²) < 4.78 is 0. The van der Waals surface area contributed by atoms with Crippen molar-refractivity contribution in [1.29, 1.82) is 0 Å². The van der Waals surface area contributed by atoms with Crippen LogP contribution in [0.15, 0.2) is 11.8 Å². The Labute approximate surface area is 132 Å². The lowest BCUT2D eigenvalue weighted by Gasteiger charge is -2.44. The summed E-state index contributed by atoms with van der Waals surface area (Å²) >= 11 is 0. The first kappa shape index (κ1) is 16.9. The van der Waals surface area contributed by atoms with Gasteiger partial charge in [-0.1, -0.05) is 45.6 Å². The van der Waals surface area contributed by atoms with Crippen molar-refractivity contribution in [3.63, 3.8) is 0 Å². The second-order valence-electron chi connectivity index (χ2n) is 7.45. The molecular weight excluding hydrogens is 256 g/mol. The van der Waals surface area contributed by atoms with E-state index in [2.05, 4.69) is 43.6 Å². The maximum absolute atomic E-state index is 2.76. The Balaban J connectivity index is 1.83. The van der Waals surface area contributed by atoms with E-state index in [-0.39, 0.29) is 0 Å². The predicted octanol–water partition coefficient (Wildman–Crippen LogP) is 4.52. The molecule has 0 bridgehead atoms. The van der Waals surface area contributed by atoms with Gasteiger partial charge in [-0.3, -0.25) is 4.90 Å². The van der Waals surface area contributed by atoms with Gasteiger partial charge in [0.1, 0.15) is 0 Å². The molecule has 3 atom stereocenters. The summed E-state index contributed by atoms with van der Waals surface area (Å²) in [6.07, 6.45) is 10.7. The highest BCUT2D eigenvalue weighted by atomic mass is 15.3. The number of nitrogens with zero attached hydrogens (tertiary/aromatic N) is 2. The molecule has 2 aliphatic rings. The van der Waals surface area contributed by atoms with E-state index in [9.17, 15) is 0 Å². The van der Waals surface area contributed by atoms with Crippen LogP contribution in [0, 0.1) is 11.8 Å². The molecule has 1 heterocycles. The van der Waals surface area contributed by atoms with Crippen LogP contribution in [0.25, 0.3) is 0 Å². The second-order valence-corrected chi connectivity index (χ2v) is 7.45. The van der Waals surface area contributed by atoms with Gasteiger partial charge in [-0.2, -0.15) is 0 Å². The van der Waals surface area contributed by atoms with E-state index in [1.807, 2.05) is 0 Å². The highest BCUT2D eigenvalue weighted by Gasteiger charge is 2.28. The van der Waals surface area contributed by atoms with Gasteiger partial charge < -0.3 is 4.90 Å². The Morgan fingerprint density at radius 3 is 2.57 bits per heavy atom. The fourth-order valence-electron chi connectivity index (χ4n) is 4.03. The first-order valence-corrected chi connectivity index (χ1v) is 9.27. The molecule has 0 aromatic rings. The fourth-order valence-corrected chi connectivity index (χ4v) is 4.03. The van der Waals surface area contributed by atoms with E-state index in [1.165, 1.54) is 70.4 Å². The number of hydrogen-bond acceptors (Lipinski definition) is 2. The van der Waals surface area contributed by atoms with Gasteiger partial charge in [-0.25, -0.2) is 0 Å². The monoisotopic (exact) mass is 292 g/mol. The van der Waals surface area contributed by atoms with Crippen LogP contribution in [-0.4, -0.2) is 42.0 Å². The SMILES string of the molecule is CCC/C=C(\C)N1CCN(C[C@@H]2CCCC[C@H]2C)C(C)C1. The molecule has 1 saturated carbocycles. The Morgan fingerprint density at radius 2 is 1.90 bits per heavy atom. The molecule has 1 unspecified atom stereocenters. The molecule has 1 saturated heterocycles. The zero-order valence-electron chi connectivity index (χ0n) is 14.8. The summed E-state index contributed by atoms with van der Waals surface area (Å²) in [5, 5.41) is 0. The van der Waals surface area contributed by atoms with Crippen molar-refractivity contribution in [2.24, 2.45) is 11.8 Å². The standard InChI is InChI=1S/C19H36N2/c1-5-6-10-17(3)20-12-13-21(18(4)14-20)15-19-11-8-7-9-16(19)2/h10,16,18-19H,5-9,11-15H2,1-4H3/b17-10+/t16-,18?,19+/m1/s1.